The van der Waals surface area contributed by atoms with Gasteiger partial charge in [0.2, 0.25) is 0 Å². The molecule has 0 saturated heterocycles. The van der Waals surface area contributed by atoms with Crippen molar-refractivity contribution in [3.63, 3.8) is 0 Å². The summed E-state index contributed by atoms with van der Waals surface area (Å²) in [6.07, 6.45) is 6.06. The fourth-order valence-corrected chi connectivity index (χ4v) is 7.96. The van der Waals surface area contributed by atoms with Gasteiger partial charge in [-0.2, -0.15) is 0 Å². The zero-order valence-electron chi connectivity index (χ0n) is 30.5. The van der Waals surface area contributed by atoms with Crippen LogP contribution in [0.3, 0.4) is 0 Å². The van der Waals surface area contributed by atoms with Crippen molar-refractivity contribution in [1.29, 1.82) is 0 Å². The maximum Gasteiger partial charge on any atom is 0.0856 e. The first-order valence-corrected chi connectivity index (χ1v) is 18.8. The standard InChI is InChI=1S/C50H40N2S/c1-6-47-49(44-17-10-11-18-48(44)53-47)38-15-12-16-43(31-38)52(41-27-19-34(2)20-28-41)42-29-23-37(24-30-42)46-33-39(35-13-8-7-9-14-35)32-45(51-46)36-21-25-40(26-22-36)50(3,4)5/h1,7-33H,2-5H3. The average Bonchev–Trinajstić information content (AvgIpc) is 3.58. The van der Waals surface area contributed by atoms with Crippen molar-refractivity contribution >= 4 is 38.5 Å². The Morgan fingerprint density at radius 2 is 1.13 bits per heavy atom. The number of hydrogen-bond acceptors (Lipinski definition) is 3. The van der Waals surface area contributed by atoms with Gasteiger partial charge in [-0.25, -0.2) is 4.98 Å². The van der Waals surface area contributed by atoms with E-state index in [1.54, 1.807) is 11.3 Å². The number of rotatable bonds is 7. The number of anilines is 3. The molecule has 2 aromatic heterocycles. The molecule has 8 rings (SSSR count). The van der Waals surface area contributed by atoms with Gasteiger partial charge < -0.3 is 4.90 Å². The molecule has 0 fully saturated rings. The molecule has 0 amide bonds. The Hall–Kier alpha value is -6.21. The van der Waals surface area contributed by atoms with Crippen LogP contribution >= 0.6 is 11.3 Å². The third-order valence-electron chi connectivity index (χ3n) is 9.81. The molecule has 0 radical (unpaired) electrons. The number of aryl methyl sites for hydroxylation is 1. The second kappa shape index (κ2) is 14.1. The Kier molecular flexibility index (Phi) is 9.00. The van der Waals surface area contributed by atoms with E-state index in [1.165, 1.54) is 21.2 Å². The van der Waals surface area contributed by atoms with Gasteiger partial charge in [-0.15, -0.1) is 17.8 Å². The lowest BCUT2D eigenvalue weighted by Crippen LogP contribution is -2.10. The molecular formula is C50H40N2S. The third kappa shape index (κ3) is 6.90. The van der Waals surface area contributed by atoms with Crippen LogP contribution in [-0.2, 0) is 5.41 Å². The van der Waals surface area contributed by atoms with Crippen LogP contribution in [0.25, 0.3) is 54.9 Å². The molecule has 0 bridgehead atoms. The predicted molar refractivity (Wildman–Crippen MR) is 227 cm³/mol. The first-order chi connectivity index (χ1) is 25.7. The van der Waals surface area contributed by atoms with Gasteiger partial charge in [0.05, 0.1) is 16.3 Å². The minimum Gasteiger partial charge on any atom is -0.310 e. The summed E-state index contributed by atoms with van der Waals surface area (Å²) < 4.78 is 1.20. The summed E-state index contributed by atoms with van der Waals surface area (Å²) in [5.41, 5.74) is 14.4. The van der Waals surface area contributed by atoms with Crippen LogP contribution in [0.1, 0.15) is 36.8 Å². The molecule has 3 heteroatoms. The van der Waals surface area contributed by atoms with Crippen LogP contribution in [0.2, 0.25) is 0 Å². The lowest BCUT2D eigenvalue weighted by molar-refractivity contribution is 0.590. The van der Waals surface area contributed by atoms with E-state index in [-0.39, 0.29) is 5.41 Å². The van der Waals surface area contributed by atoms with E-state index in [9.17, 15) is 0 Å². The largest absolute Gasteiger partial charge is 0.310 e. The molecule has 0 unspecified atom stereocenters. The maximum atomic E-state index is 6.06. The van der Waals surface area contributed by atoms with Gasteiger partial charge in [-0.3, -0.25) is 0 Å². The van der Waals surface area contributed by atoms with Crippen molar-refractivity contribution in [3.8, 4) is 57.1 Å². The average molecular weight is 701 g/mol. The highest BCUT2D eigenvalue weighted by Gasteiger charge is 2.18. The molecule has 2 heterocycles. The first kappa shape index (κ1) is 33.9. The van der Waals surface area contributed by atoms with E-state index in [0.717, 1.165) is 66.7 Å². The number of aromatic nitrogens is 1. The fraction of sp³-hybridized carbons (Fsp3) is 0.100. The summed E-state index contributed by atoms with van der Waals surface area (Å²) in [7, 11) is 0. The highest BCUT2D eigenvalue weighted by molar-refractivity contribution is 7.20. The molecular weight excluding hydrogens is 661 g/mol. The monoisotopic (exact) mass is 700 g/mol. The second-order valence-electron chi connectivity index (χ2n) is 14.5. The third-order valence-corrected chi connectivity index (χ3v) is 10.9. The van der Waals surface area contributed by atoms with Crippen molar-refractivity contribution in [2.75, 3.05) is 4.90 Å². The van der Waals surface area contributed by atoms with Gasteiger partial charge >= 0.3 is 0 Å². The Labute approximate surface area is 317 Å². The van der Waals surface area contributed by atoms with Gasteiger partial charge in [0, 0.05) is 43.8 Å². The summed E-state index contributed by atoms with van der Waals surface area (Å²) in [6, 6.07) is 58.5. The molecule has 6 aromatic carbocycles. The number of nitrogens with zero attached hydrogens (tertiary/aromatic N) is 2. The van der Waals surface area contributed by atoms with Crippen LogP contribution in [-0.4, -0.2) is 4.98 Å². The molecule has 53 heavy (non-hydrogen) atoms. The molecule has 0 saturated carbocycles. The zero-order valence-corrected chi connectivity index (χ0v) is 31.3. The van der Waals surface area contributed by atoms with Gasteiger partial charge in [0.1, 0.15) is 0 Å². The summed E-state index contributed by atoms with van der Waals surface area (Å²) in [6.45, 7) is 8.86. The van der Waals surface area contributed by atoms with E-state index in [2.05, 4.69) is 202 Å². The van der Waals surface area contributed by atoms with Gasteiger partial charge in [-0.05, 0) is 89.2 Å². The number of terminal acetylenes is 1. The SMILES string of the molecule is C#Cc1sc2ccccc2c1-c1cccc(N(c2ccc(C)cc2)c2ccc(-c3cc(-c4ccccc4)cc(-c4ccc(C(C)(C)C)cc4)n3)cc2)c1. The van der Waals surface area contributed by atoms with E-state index in [1.807, 2.05) is 0 Å². The van der Waals surface area contributed by atoms with Crippen LogP contribution in [0.5, 0.6) is 0 Å². The summed E-state index contributed by atoms with van der Waals surface area (Å²) >= 11 is 1.67. The lowest BCUT2D eigenvalue weighted by atomic mass is 9.86. The van der Waals surface area contributed by atoms with Crippen molar-refractivity contribution in [2.45, 2.75) is 33.1 Å². The molecule has 0 atom stereocenters. The number of thiophene rings is 1. The Morgan fingerprint density at radius 1 is 0.547 bits per heavy atom. The van der Waals surface area contributed by atoms with Gasteiger partial charge in [0.15, 0.2) is 0 Å². The van der Waals surface area contributed by atoms with Gasteiger partial charge in [0.25, 0.3) is 0 Å². The highest BCUT2D eigenvalue weighted by Crippen LogP contribution is 2.42. The normalized spacial score (nSPS) is 11.4. The molecule has 0 aliphatic carbocycles. The predicted octanol–water partition coefficient (Wildman–Crippen LogP) is 14.0. The van der Waals surface area contributed by atoms with Crippen molar-refractivity contribution in [2.24, 2.45) is 0 Å². The van der Waals surface area contributed by atoms with E-state index >= 15 is 0 Å². The number of pyridine rings is 1. The topological polar surface area (TPSA) is 16.1 Å². The Bertz CT molecular complexity index is 2580. The number of benzene rings is 6. The molecule has 0 spiro atoms. The number of fused-ring (bicyclic) bond motifs is 1. The molecule has 0 aliphatic rings. The Balaban J connectivity index is 1.21. The summed E-state index contributed by atoms with van der Waals surface area (Å²) in [5.74, 6) is 2.96. The maximum absolute atomic E-state index is 6.06. The molecule has 2 nitrogen and oxygen atoms in total. The van der Waals surface area contributed by atoms with E-state index in [4.69, 9.17) is 11.4 Å². The second-order valence-corrected chi connectivity index (χ2v) is 15.6. The molecule has 8 aromatic rings. The van der Waals surface area contributed by atoms with E-state index in [0.29, 0.717) is 0 Å². The van der Waals surface area contributed by atoms with Crippen LogP contribution in [0, 0.1) is 19.3 Å². The van der Waals surface area contributed by atoms with Crippen LogP contribution in [0.15, 0.2) is 164 Å². The summed E-state index contributed by atoms with van der Waals surface area (Å²) in [5, 5.41) is 1.18. The minimum atomic E-state index is 0.0848. The molecule has 0 N–H and O–H groups in total. The quantitative estimate of drug-likeness (QED) is 0.154. The summed E-state index contributed by atoms with van der Waals surface area (Å²) in [4.78, 5) is 8.51. The lowest BCUT2D eigenvalue weighted by Gasteiger charge is -2.26. The molecule has 0 aliphatic heterocycles. The highest BCUT2D eigenvalue weighted by atomic mass is 32.1. The van der Waals surface area contributed by atoms with Crippen LogP contribution in [0.4, 0.5) is 17.1 Å². The zero-order chi connectivity index (χ0) is 36.5. The fourth-order valence-electron chi connectivity index (χ4n) is 6.92. The minimum absolute atomic E-state index is 0.0848. The smallest absolute Gasteiger partial charge is 0.0856 e. The number of hydrogen-bond donors (Lipinski definition) is 0. The first-order valence-electron chi connectivity index (χ1n) is 18.0. The van der Waals surface area contributed by atoms with Gasteiger partial charge in [-0.1, -0.05) is 141 Å². The molecule has 256 valence electrons. The Morgan fingerprint density at radius 3 is 1.77 bits per heavy atom. The van der Waals surface area contributed by atoms with Crippen molar-refractivity contribution < 1.29 is 0 Å². The van der Waals surface area contributed by atoms with Crippen molar-refractivity contribution in [1.82, 2.24) is 4.98 Å². The van der Waals surface area contributed by atoms with Crippen LogP contribution < -0.4 is 4.90 Å². The van der Waals surface area contributed by atoms with Crippen molar-refractivity contribution in [3.05, 3.63) is 180 Å². The van der Waals surface area contributed by atoms with E-state index < -0.39 is 0 Å².